The Labute approximate surface area is 120 Å². The molecule has 20 heavy (non-hydrogen) atoms. The fourth-order valence-electron chi connectivity index (χ4n) is 1.95. The van der Waals surface area contributed by atoms with Crippen molar-refractivity contribution in [3.63, 3.8) is 0 Å². The molecule has 1 heterocycles. The summed E-state index contributed by atoms with van der Waals surface area (Å²) in [6.45, 7) is 12.3. The molecule has 0 aromatic rings. The normalized spacial score (nSPS) is 17.8. The van der Waals surface area contributed by atoms with Gasteiger partial charge in [-0.3, -0.25) is 9.79 Å². The van der Waals surface area contributed by atoms with E-state index in [1.807, 2.05) is 20.8 Å². The highest BCUT2D eigenvalue weighted by molar-refractivity contribution is 6.12. The maximum atomic E-state index is 11.9. The lowest BCUT2D eigenvalue weighted by Crippen LogP contribution is -2.42. The number of aliphatic imine (C=N–C) groups is 1. The SMILES string of the molecule is C=C(C=O)C(C)=NC1CCN(C(=O)OC(C)(C)C)CC1. The average Bonchev–Trinajstić information content (AvgIpc) is 2.36. The Kier molecular flexibility index (Phi) is 5.48. The van der Waals surface area contributed by atoms with E-state index in [2.05, 4.69) is 11.6 Å². The molecule has 0 aromatic carbocycles. The van der Waals surface area contributed by atoms with E-state index in [-0.39, 0.29) is 12.1 Å². The molecule has 0 atom stereocenters. The molecule has 1 fully saturated rings. The minimum absolute atomic E-state index is 0.144. The lowest BCUT2D eigenvalue weighted by molar-refractivity contribution is -0.104. The molecule has 0 aliphatic carbocycles. The van der Waals surface area contributed by atoms with Crippen molar-refractivity contribution >= 4 is 18.1 Å². The van der Waals surface area contributed by atoms with Crippen molar-refractivity contribution < 1.29 is 14.3 Å². The maximum absolute atomic E-state index is 11.9. The summed E-state index contributed by atoms with van der Waals surface area (Å²) in [5.41, 5.74) is 0.625. The smallest absolute Gasteiger partial charge is 0.410 e. The third-order valence-corrected chi connectivity index (χ3v) is 3.10. The standard InChI is InChI=1S/C15H24N2O3/c1-11(10-18)12(2)16-13-6-8-17(9-7-13)14(19)20-15(3,4)5/h10,13H,1,6-9H2,2-5H3. The number of allylic oxidation sites excluding steroid dienone is 1. The summed E-state index contributed by atoms with van der Waals surface area (Å²) in [6, 6.07) is 0.144. The first kappa shape index (κ1) is 16.4. The van der Waals surface area contributed by atoms with Gasteiger partial charge < -0.3 is 9.64 Å². The molecule has 0 spiro atoms. The van der Waals surface area contributed by atoms with Gasteiger partial charge in [-0.25, -0.2) is 4.79 Å². The van der Waals surface area contributed by atoms with Crippen LogP contribution in [0.5, 0.6) is 0 Å². The predicted molar refractivity (Wildman–Crippen MR) is 79.1 cm³/mol. The van der Waals surface area contributed by atoms with E-state index in [1.54, 1.807) is 11.8 Å². The van der Waals surface area contributed by atoms with Crippen LogP contribution in [0.25, 0.3) is 0 Å². The predicted octanol–water partition coefficient (Wildman–Crippen LogP) is 2.60. The Morgan fingerprint density at radius 2 is 1.90 bits per heavy atom. The van der Waals surface area contributed by atoms with Crippen LogP contribution in [-0.2, 0) is 9.53 Å². The average molecular weight is 280 g/mol. The number of hydrogen-bond donors (Lipinski definition) is 0. The molecule has 0 radical (unpaired) electrons. The molecule has 0 saturated carbocycles. The lowest BCUT2D eigenvalue weighted by atomic mass is 10.1. The largest absolute Gasteiger partial charge is 0.444 e. The number of likely N-dealkylation sites (tertiary alicyclic amines) is 1. The summed E-state index contributed by atoms with van der Waals surface area (Å²) in [5, 5.41) is 0. The van der Waals surface area contributed by atoms with Gasteiger partial charge in [0, 0.05) is 24.4 Å². The van der Waals surface area contributed by atoms with Crippen molar-refractivity contribution in [1.29, 1.82) is 0 Å². The van der Waals surface area contributed by atoms with Crippen LogP contribution in [0.2, 0.25) is 0 Å². The van der Waals surface area contributed by atoms with E-state index in [4.69, 9.17) is 4.74 Å². The fraction of sp³-hybridized carbons (Fsp3) is 0.667. The van der Waals surface area contributed by atoms with E-state index < -0.39 is 5.60 Å². The van der Waals surface area contributed by atoms with Crippen molar-refractivity contribution in [3.8, 4) is 0 Å². The summed E-state index contributed by atoms with van der Waals surface area (Å²) < 4.78 is 5.34. The Morgan fingerprint density at radius 3 is 2.35 bits per heavy atom. The Hall–Kier alpha value is -1.65. The highest BCUT2D eigenvalue weighted by Crippen LogP contribution is 2.17. The van der Waals surface area contributed by atoms with E-state index >= 15 is 0 Å². The first-order valence-corrected chi connectivity index (χ1v) is 6.89. The molecule has 1 amide bonds. The summed E-state index contributed by atoms with van der Waals surface area (Å²) in [4.78, 5) is 28.7. The van der Waals surface area contributed by atoms with Crippen LogP contribution in [-0.4, -0.2) is 47.7 Å². The Morgan fingerprint density at radius 1 is 1.35 bits per heavy atom. The quantitative estimate of drug-likeness (QED) is 0.453. The number of ether oxygens (including phenoxy) is 1. The number of carbonyl (C=O) groups excluding carboxylic acids is 2. The van der Waals surface area contributed by atoms with Crippen LogP contribution in [0.4, 0.5) is 4.79 Å². The second-order valence-electron chi connectivity index (χ2n) is 6.06. The number of nitrogens with zero attached hydrogens (tertiary/aromatic N) is 2. The van der Waals surface area contributed by atoms with Crippen molar-refractivity contribution in [2.24, 2.45) is 4.99 Å². The molecule has 0 bridgehead atoms. The van der Waals surface area contributed by atoms with Crippen LogP contribution < -0.4 is 0 Å². The van der Waals surface area contributed by atoms with Crippen LogP contribution in [0.3, 0.4) is 0 Å². The molecule has 5 nitrogen and oxygen atoms in total. The minimum Gasteiger partial charge on any atom is -0.444 e. The molecule has 0 aromatic heterocycles. The van der Waals surface area contributed by atoms with Crippen LogP contribution in [0, 0.1) is 0 Å². The van der Waals surface area contributed by atoms with E-state index in [0.717, 1.165) is 12.8 Å². The number of amides is 1. The summed E-state index contributed by atoms with van der Waals surface area (Å²) >= 11 is 0. The Balaban J connectivity index is 2.50. The zero-order valence-corrected chi connectivity index (χ0v) is 12.8. The van der Waals surface area contributed by atoms with Gasteiger partial charge in [0.2, 0.25) is 0 Å². The van der Waals surface area contributed by atoms with E-state index in [9.17, 15) is 9.59 Å². The monoisotopic (exact) mass is 280 g/mol. The molecule has 0 unspecified atom stereocenters. The second kappa shape index (κ2) is 6.68. The highest BCUT2D eigenvalue weighted by Gasteiger charge is 2.26. The van der Waals surface area contributed by atoms with Crippen molar-refractivity contribution in [1.82, 2.24) is 4.90 Å². The van der Waals surface area contributed by atoms with Crippen LogP contribution in [0.15, 0.2) is 17.1 Å². The summed E-state index contributed by atoms with van der Waals surface area (Å²) in [7, 11) is 0. The van der Waals surface area contributed by atoms with E-state index in [0.29, 0.717) is 30.7 Å². The lowest BCUT2D eigenvalue weighted by Gasteiger charge is -2.32. The van der Waals surface area contributed by atoms with Crippen LogP contribution >= 0.6 is 0 Å². The summed E-state index contributed by atoms with van der Waals surface area (Å²) in [6.07, 6.45) is 2.01. The number of piperidine rings is 1. The molecule has 0 N–H and O–H groups in total. The zero-order valence-electron chi connectivity index (χ0n) is 12.8. The fourth-order valence-corrected chi connectivity index (χ4v) is 1.95. The minimum atomic E-state index is -0.468. The van der Waals surface area contributed by atoms with Gasteiger partial charge in [-0.15, -0.1) is 0 Å². The first-order chi connectivity index (χ1) is 9.23. The topological polar surface area (TPSA) is 59.0 Å². The van der Waals surface area contributed by atoms with Crippen LogP contribution in [0.1, 0.15) is 40.5 Å². The van der Waals surface area contributed by atoms with Gasteiger partial charge in [0.25, 0.3) is 0 Å². The maximum Gasteiger partial charge on any atom is 0.410 e. The highest BCUT2D eigenvalue weighted by atomic mass is 16.6. The molecule has 1 aliphatic rings. The first-order valence-electron chi connectivity index (χ1n) is 6.89. The number of rotatable bonds is 3. The van der Waals surface area contributed by atoms with Gasteiger partial charge >= 0.3 is 6.09 Å². The molecule has 1 saturated heterocycles. The molecule has 1 rings (SSSR count). The third-order valence-electron chi connectivity index (χ3n) is 3.10. The van der Waals surface area contributed by atoms with E-state index in [1.165, 1.54) is 0 Å². The molecular formula is C15H24N2O3. The zero-order chi connectivity index (χ0) is 15.3. The van der Waals surface area contributed by atoms with Gasteiger partial charge in [-0.05, 0) is 40.5 Å². The van der Waals surface area contributed by atoms with Crippen molar-refractivity contribution in [2.75, 3.05) is 13.1 Å². The van der Waals surface area contributed by atoms with Crippen molar-refractivity contribution in [2.45, 2.75) is 52.2 Å². The van der Waals surface area contributed by atoms with Gasteiger partial charge in [-0.2, -0.15) is 0 Å². The van der Waals surface area contributed by atoms with Gasteiger partial charge in [0.15, 0.2) is 6.29 Å². The molecule has 1 aliphatic heterocycles. The number of hydrogen-bond acceptors (Lipinski definition) is 4. The molecule has 112 valence electrons. The third kappa shape index (κ3) is 5.15. The number of aldehydes is 1. The van der Waals surface area contributed by atoms with Gasteiger partial charge in [0.1, 0.15) is 5.60 Å². The van der Waals surface area contributed by atoms with Crippen molar-refractivity contribution in [3.05, 3.63) is 12.2 Å². The van der Waals surface area contributed by atoms with Gasteiger partial charge in [-0.1, -0.05) is 6.58 Å². The Bertz CT molecular complexity index is 413. The molecule has 5 heteroatoms. The number of carbonyl (C=O) groups is 2. The summed E-state index contributed by atoms with van der Waals surface area (Å²) in [5.74, 6) is 0. The second-order valence-corrected chi connectivity index (χ2v) is 6.06. The molecular weight excluding hydrogens is 256 g/mol. The van der Waals surface area contributed by atoms with Gasteiger partial charge in [0.05, 0.1) is 6.04 Å².